The summed E-state index contributed by atoms with van der Waals surface area (Å²) in [5, 5.41) is 9.25. The molecule has 1 atom stereocenters. The second-order valence-electron chi connectivity index (χ2n) is 2.69. The summed E-state index contributed by atoms with van der Waals surface area (Å²) in [6, 6.07) is 0. The second kappa shape index (κ2) is 7.10. The van der Waals surface area contributed by atoms with Crippen LogP contribution in [0, 0.1) is 0 Å². The lowest BCUT2D eigenvalue weighted by Crippen LogP contribution is -1.99. The van der Waals surface area contributed by atoms with Crippen molar-refractivity contribution in [2.45, 2.75) is 45.6 Å². The van der Waals surface area contributed by atoms with Crippen LogP contribution in [0.4, 0.5) is 0 Å². The third-order valence-corrected chi connectivity index (χ3v) is 2.46. The van der Waals surface area contributed by atoms with E-state index in [9.17, 15) is 5.11 Å². The number of hydrogen-bond acceptors (Lipinski definition) is 1. The highest BCUT2D eigenvalue weighted by Gasteiger charge is 1.97. The second-order valence-corrected chi connectivity index (χ2v) is 4.08. The minimum atomic E-state index is -0.237. The minimum Gasteiger partial charge on any atom is -0.389 e. The summed E-state index contributed by atoms with van der Waals surface area (Å²) in [6.45, 7) is 4.17. The molecule has 1 nitrogen and oxygen atoms in total. The minimum absolute atomic E-state index is 0.237. The van der Waals surface area contributed by atoms with Crippen molar-refractivity contribution in [2.24, 2.45) is 0 Å². The van der Waals surface area contributed by atoms with Crippen molar-refractivity contribution < 1.29 is 5.11 Å². The Morgan fingerprint density at radius 3 is 2.64 bits per heavy atom. The van der Waals surface area contributed by atoms with Crippen LogP contribution in [0.3, 0.4) is 0 Å². The lowest BCUT2D eigenvalue weighted by Gasteiger charge is -2.02. The third-order valence-electron chi connectivity index (χ3n) is 1.56. The van der Waals surface area contributed by atoms with Gasteiger partial charge in [0.05, 0.1) is 6.10 Å². The van der Waals surface area contributed by atoms with E-state index in [1.54, 1.807) is 0 Å². The average Bonchev–Trinajstić information content (AvgIpc) is 2.00. The van der Waals surface area contributed by atoms with Crippen LogP contribution < -0.4 is 0 Å². The van der Waals surface area contributed by atoms with Gasteiger partial charge in [0.1, 0.15) is 0 Å². The molecule has 0 aromatic heterocycles. The molecule has 0 fully saturated rings. The van der Waals surface area contributed by atoms with Crippen LogP contribution in [0.5, 0.6) is 0 Å². The van der Waals surface area contributed by atoms with Gasteiger partial charge in [0.2, 0.25) is 0 Å². The summed E-state index contributed by atoms with van der Waals surface area (Å²) >= 11 is 2.30. The number of rotatable bonds is 5. The first kappa shape index (κ1) is 11.4. The van der Waals surface area contributed by atoms with E-state index < -0.39 is 0 Å². The van der Waals surface area contributed by atoms with Crippen LogP contribution in [-0.4, -0.2) is 11.2 Å². The molecule has 0 heterocycles. The number of aliphatic hydroxyl groups excluding tert-OH is 1. The molecule has 0 aliphatic heterocycles. The zero-order chi connectivity index (χ0) is 8.69. The van der Waals surface area contributed by atoms with Crippen LogP contribution in [-0.2, 0) is 0 Å². The van der Waals surface area contributed by atoms with Gasteiger partial charge in [-0.15, -0.1) is 0 Å². The standard InChI is InChI=1S/C9H17IO/c1-3-5-6-8(10)7-9(11)4-2/h7,9,11H,3-6H2,1-2H3/b8-7-. The zero-order valence-corrected chi connectivity index (χ0v) is 9.47. The maximum atomic E-state index is 9.25. The summed E-state index contributed by atoms with van der Waals surface area (Å²) in [4.78, 5) is 0. The molecule has 0 bridgehead atoms. The van der Waals surface area contributed by atoms with Gasteiger partial charge in [-0.3, -0.25) is 0 Å². The first-order valence-electron chi connectivity index (χ1n) is 4.25. The summed E-state index contributed by atoms with van der Waals surface area (Å²) < 4.78 is 1.29. The molecule has 0 aromatic carbocycles. The lowest BCUT2D eigenvalue weighted by atomic mass is 10.2. The van der Waals surface area contributed by atoms with Gasteiger partial charge in [-0.25, -0.2) is 0 Å². The molecule has 0 spiro atoms. The Labute approximate surface area is 83.0 Å². The maximum absolute atomic E-state index is 9.25. The maximum Gasteiger partial charge on any atom is 0.0728 e. The van der Waals surface area contributed by atoms with E-state index in [0.717, 1.165) is 12.8 Å². The van der Waals surface area contributed by atoms with E-state index >= 15 is 0 Å². The molecule has 0 aliphatic rings. The van der Waals surface area contributed by atoms with E-state index in [1.807, 2.05) is 13.0 Å². The van der Waals surface area contributed by atoms with Crippen molar-refractivity contribution in [2.75, 3.05) is 0 Å². The molecule has 0 amide bonds. The van der Waals surface area contributed by atoms with Crippen LogP contribution in [0.1, 0.15) is 39.5 Å². The van der Waals surface area contributed by atoms with Gasteiger partial charge >= 0.3 is 0 Å². The molecule has 1 unspecified atom stereocenters. The summed E-state index contributed by atoms with van der Waals surface area (Å²) in [5.41, 5.74) is 0. The molecule has 0 aliphatic carbocycles. The Hall–Kier alpha value is 0.430. The molecular weight excluding hydrogens is 251 g/mol. The fourth-order valence-electron chi connectivity index (χ4n) is 0.756. The van der Waals surface area contributed by atoms with E-state index in [0.29, 0.717) is 0 Å². The smallest absolute Gasteiger partial charge is 0.0728 e. The van der Waals surface area contributed by atoms with E-state index in [1.165, 1.54) is 16.4 Å². The molecule has 0 radical (unpaired) electrons. The van der Waals surface area contributed by atoms with Crippen LogP contribution in [0.15, 0.2) is 9.66 Å². The molecule has 11 heavy (non-hydrogen) atoms. The molecule has 0 saturated heterocycles. The Kier molecular flexibility index (Phi) is 7.38. The fraction of sp³-hybridized carbons (Fsp3) is 0.778. The molecule has 0 rings (SSSR count). The Morgan fingerprint density at radius 1 is 1.55 bits per heavy atom. The van der Waals surface area contributed by atoms with E-state index in [-0.39, 0.29) is 6.10 Å². The average molecular weight is 268 g/mol. The molecule has 2 heteroatoms. The zero-order valence-electron chi connectivity index (χ0n) is 7.31. The lowest BCUT2D eigenvalue weighted by molar-refractivity contribution is 0.218. The summed E-state index contributed by atoms with van der Waals surface area (Å²) in [6.07, 6.45) is 6.11. The Balaban J connectivity index is 3.61. The van der Waals surface area contributed by atoms with Crippen LogP contribution >= 0.6 is 22.6 Å². The van der Waals surface area contributed by atoms with E-state index in [4.69, 9.17) is 0 Å². The van der Waals surface area contributed by atoms with Crippen molar-refractivity contribution >= 4 is 22.6 Å². The highest BCUT2D eigenvalue weighted by Crippen LogP contribution is 2.16. The highest BCUT2D eigenvalue weighted by molar-refractivity contribution is 14.1. The van der Waals surface area contributed by atoms with Gasteiger partial charge in [-0.2, -0.15) is 0 Å². The quantitative estimate of drug-likeness (QED) is 0.759. The topological polar surface area (TPSA) is 20.2 Å². The predicted octanol–water partition coefficient (Wildman–Crippen LogP) is 3.27. The van der Waals surface area contributed by atoms with Gasteiger partial charge in [-0.1, -0.05) is 20.3 Å². The highest BCUT2D eigenvalue weighted by atomic mass is 127. The van der Waals surface area contributed by atoms with Gasteiger partial charge < -0.3 is 5.11 Å². The van der Waals surface area contributed by atoms with Gasteiger partial charge in [0.15, 0.2) is 0 Å². The Morgan fingerprint density at radius 2 is 2.18 bits per heavy atom. The fourth-order valence-corrected chi connectivity index (χ4v) is 1.55. The van der Waals surface area contributed by atoms with Crippen molar-refractivity contribution in [1.82, 2.24) is 0 Å². The number of allylic oxidation sites excluding steroid dienone is 1. The van der Waals surface area contributed by atoms with Crippen molar-refractivity contribution in [3.05, 3.63) is 9.66 Å². The molecule has 1 N–H and O–H groups in total. The molecular formula is C9H17IO. The van der Waals surface area contributed by atoms with Gasteiger partial charge in [0.25, 0.3) is 0 Å². The van der Waals surface area contributed by atoms with Crippen molar-refractivity contribution in [3.8, 4) is 0 Å². The summed E-state index contributed by atoms with van der Waals surface area (Å²) in [5.74, 6) is 0. The van der Waals surface area contributed by atoms with E-state index in [2.05, 4.69) is 29.5 Å². The number of hydrogen-bond donors (Lipinski definition) is 1. The molecule has 66 valence electrons. The predicted molar refractivity (Wildman–Crippen MR) is 57.9 cm³/mol. The molecule has 0 saturated carbocycles. The van der Waals surface area contributed by atoms with Gasteiger partial charge in [-0.05, 0) is 51.5 Å². The number of unbranched alkanes of at least 4 members (excludes halogenated alkanes) is 1. The largest absolute Gasteiger partial charge is 0.389 e. The van der Waals surface area contributed by atoms with Crippen LogP contribution in [0.2, 0.25) is 0 Å². The SMILES string of the molecule is CCCC/C(I)=C/C(O)CC. The molecule has 0 aromatic rings. The van der Waals surface area contributed by atoms with Gasteiger partial charge in [0, 0.05) is 0 Å². The number of halogens is 1. The summed E-state index contributed by atoms with van der Waals surface area (Å²) in [7, 11) is 0. The normalized spacial score (nSPS) is 15.1. The van der Waals surface area contributed by atoms with Crippen molar-refractivity contribution in [3.63, 3.8) is 0 Å². The van der Waals surface area contributed by atoms with Crippen molar-refractivity contribution in [1.29, 1.82) is 0 Å². The monoisotopic (exact) mass is 268 g/mol. The third kappa shape index (κ3) is 6.81. The first-order chi connectivity index (χ1) is 5.20. The van der Waals surface area contributed by atoms with Crippen LogP contribution in [0.25, 0.3) is 0 Å². The number of aliphatic hydroxyl groups is 1. The Bertz CT molecular complexity index is 121. The first-order valence-corrected chi connectivity index (χ1v) is 5.32.